The van der Waals surface area contributed by atoms with E-state index in [0.29, 0.717) is 0 Å². The lowest BCUT2D eigenvalue weighted by Gasteiger charge is -2.36. The van der Waals surface area contributed by atoms with Crippen molar-refractivity contribution in [1.29, 1.82) is 0 Å². The van der Waals surface area contributed by atoms with Crippen molar-refractivity contribution in [3.63, 3.8) is 0 Å². The fourth-order valence-electron chi connectivity index (χ4n) is 15.6. The molecular formula is C100H144N2. The Bertz CT molecular complexity index is 3670. The van der Waals surface area contributed by atoms with E-state index in [-0.39, 0.29) is 21.7 Å². The molecule has 0 aromatic heterocycles. The van der Waals surface area contributed by atoms with E-state index in [1.54, 1.807) is 0 Å². The zero-order chi connectivity index (χ0) is 73.1. The van der Waals surface area contributed by atoms with Gasteiger partial charge in [0, 0.05) is 44.3 Å². The molecule has 8 rings (SSSR count). The summed E-state index contributed by atoms with van der Waals surface area (Å²) in [7, 11) is 0. The van der Waals surface area contributed by atoms with E-state index >= 15 is 0 Å². The predicted molar refractivity (Wildman–Crippen MR) is 456 cm³/mol. The first-order valence-corrected chi connectivity index (χ1v) is 42.2. The molecule has 102 heavy (non-hydrogen) atoms. The average molecular weight is 1370 g/mol. The summed E-state index contributed by atoms with van der Waals surface area (Å²) in [4.78, 5) is 5.59. The molecule has 0 amide bonds. The first-order valence-electron chi connectivity index (χ1n) is 42.2. The number of benzene rings is 8. The summed E-state index contributed by atoms with van der Waals surface area (Å²) >= 11 is 0. The third kappa shape index (κ3) is 24.2. The third-order valence-corrected chi connectivity index (χ3v) is 22.3. The van der Waals surface area contributed by atoms with Crippen LogP contribution in [0.1, 0.15) is 361 Å². The SMILES string of the molecule is CCCCCCCCCCc1cc(CCCCCCCCCC)cc(N(c2cc(C(C)(C)C)cc(C(C)(C)C)c2)c2c3ccccc3c(N(c3cc(C(C)(C)C)cc(C(C)(C)C)c3)c3ccc(CCCCCCCCCC)cc3CCCCCCCCCC)c3cc(-c4ccccc4)ccc23)c1. The summed E-state index contributed by atoms with van der Waals surface area (Å²) < 4.78 is 0. The molecule has 0 radical (unpaired) electrons. The molecule has 0 aliphatic heterocycles. The number of unbranched alkanes of at least 4 members (excludes halogenated alkanes) is 28. The molecule has 2 heteroatoms. The molecule has 8 aromatic carbocycles. The van der Waals surface area contributed by atoms with Crippen LogP contribution in [0.25, 0.3) is 32.7 Å². The Morgan fingerprint density at radius 2 is 0.569 bits per heavy atom. The molecule has 0 atom stereocenters. The van der Waals surface area contributed by atoms with Gasteiger partial charge in [-0.25, -0.2) is 0 Å². The fraction of sp³-hybridized carbons (Fsp3) is 0.560. The highest BCUT2D eigenvalue weighted by Gasteiger charge is 2.32. The Kier molecular flexibility index (Phi) is 32.3. The van der Waals surface area contributed by atoms with E-state index in [2.05, 4.69) is 266 Å². The van der Waals surface area contributed by atoms with E-state index in [4.69, 9.17) is 0 Å². The van der Waals surface area contributed by atoms with E-state index in [0.717, 1.165) is 25.7 Å². The minimum absolute atomic E-state index is 0.0931. The first-order chi connectivity index (χ1) is 49.0. The van der Waals surface area contributed by atoms with Crippen LogP contribution >= 0.6 is 0 Å². The van der Waals surface area contributed by atoms with Crippen molar-refractivity contribution in [2.24, 2.45) is 0 Å². The number of nitrogens with zero attached hydrogens (tertiary/aromatic N) is 2. The summed E-state index contributed by atoms with van der Waals surface area (Å²) in [5, 5.41) is 5.08. The number of anilines is 6. The van der Waals surface area contributed by atoms with Gasteiger partial charge >= 0.3 is 0 Å². The Morgan fingerprint density at radius 1 is 0.235 bits per heavy atom. The Labute approximate surface area is 626 Å². The average Bonchev–Trinajstić information content (AvgIpc) is 0.716. The summed E-state index contributed by atoms with van der Waals surface area (Å²) in [6.07, 6.45) is 46.6. The van der Waals surface area contributed by atoms with Crippen LogP contribution in [0.4, 0.5) is 34.1 Å². The van der Waals surface area contributed by atoms with Crippen molar-refractivity contribution in [1.82, 2.24) is 0 Å². The third-order valence-electron chi connectivity index (χ3n) is 22.3. The molecule has 554 valence electrons. The molecule has 0 spiro atoms. The maximum Gasteiger partial charge on any atom is 0.0620 e. The number of rotatable bonds is 43. The van der Waals surface area contributed by atoms with Crippen LogP contribution in [0.5, 0.6) is 0 Å². The minimum atomic E-state index is -0.0974. The highest BCUT2D eigenvalue weighted by Crippen LogP contribution is 2.54. The predicted octanol–water partition coefficient (Wildman–Crippen LogP) is 32.5. The first kappa shape index (κ1) is 81.5. The lowest BCUT2D eigenvalue weighted by Crippen LogP contribution is -2.21. The topological polar surface area (TPSA) is 6.48 Å². The van der Waals surface area contributed by atoms with Gasteiger partial charge in [0.25, 0.3) is 0 Å². The van der Waals surface area contributed by atoms with Crippen molar-refractivity contribution in [3.8, 4) is 11.1 Å². The summed E-state index contributed by atoms with van der Waals surface area (Å²) in [5.41, 5.74) is 21.1. The molecule has 8 aromatic rings. The van der Waals surface area contributed by atoms with Crippen LogP contribution in [0.2, 0.25) is 0 Å². The number of hydrogen-bond acceptors (Lipinski definition) is 2. The normalized spacial score (nSPS) is 12.4. The number of hydrogen-bond donors (Lipinski definition) is 0. The fourth-order valence-corrected chi connectivity index (χ4v) is 15.6. The Balaban J connectivity index is 1.47. The smallest absolute Gasteiger partial charge is 0.0620 e. The second-order valence-electron chi connectivity index (χ2n) is 35.4. The summed E-state index contributed by atoms with van der Waals surface area (Å²) in [5.74, 6) is 0. The second-order valence-corrected chi connectivity index (χ2v) is 35.4. The minimum Gasteiger partial charge on any atom is -0.309 e. The molecular weight excluding hydrogens is 1230 g/mol. The van der Waals surface area contributed by atoms with Gasteiger partial charge < -0.3 is 9.80 Å². The van der Waals surface area contributed by atoms with Crippen molar-refractivity contribution in [3.05, 3.63) is 190 Å². The van der Waals surface area contributed by atoms with E-state index in [1.807, 2.05) is 0 Å². The van der Waals surface area contributed by atoms with Crippen LogP contribution in [0.15, 0.2) is 146 Å². The van der Waals surface area contributed by atoms with Gasteiger partial charge in [0.2, 0.25) is 0 Å². The quantitative estimate of drug-likeness (QED) is 0.0214. The zero-order valence-corrected chi connectivity index (χ0v) is 68.2. The van der Waals surface area contributed by atoms with Gasteiger partial charge in [-0.3, -0.25) is 0 Å². The van der Waals surface area contributed by atoms with E-state index in [9.17, 15) is 0 Å². The lowest BCUT2D eigenvalue weighted by molar-refractivity contribution is 0.568. The highest BCUT2D eigenvalue weighted by atomic mass is 15.2. The Hall–Kier alpha value is -6.12. The molecule has 0 aliphatic carbocycles. The monoisotopic (exact) mass is 1370 g/mol. The molecule has 0 N–H and O–H groups in total. The maximum absolute atomic E-state index is 2.81. The molecule has 0 saturated heterocycles. The molecule has 0 heterocycles. The zero-order valence-electron chi connectivity index (χ0n) is 68.2. The summed E-state index contributed by atoms with van der Waals surface area (Å²) in [6, 6.07) is 59.6. The van der Waals surface area contributed by atoms with Crippen LogP contribution in [-0.2, 0) is 47.3 Å². The van der Waals surface area contributed by atoms with Crippen LogP contribution in [0.3, 0.4) is 0 Å². The van der Waals surface area contributed by atoms with Crippen molar-refractivity contribution in [2.45, 2.75) is 364 Å². The largest absolute Gasteiger partial charge is 0.309 e. The standard InChI is InChI=1S/C100H144N2/c1-17-21-25-29-33-37-41-46-54-77-62-65-94(82(67-77)59-49-44-40-36-32-28-24-20-4)102(89-75-85(99(11,12)13)72-86(76-89)100(14,15)16)96-91-61-53-52-60-90(91)95(92-64-63-81(70-93(92)96)80-57-50-45-51-58-80)101(88-73-83(97(5,6)7)71-84(74-88)98(8,9)10)87-68-78(55-47-42-38-34-30-26-22-18-2)66-79(69-87)56-48-43-39-35-31-27-23-19-3/h45,50-53,57-58,60-76H,17-44,46-49,54-56,59H2,1-16H3. The van der Waals surface area contributed by atoms with Gasteiger partial charge in [-0.15, -0.1) is 0 Å². The maximum atomic E-state index is 2.81. The van der Waals surface area contributed by atoms with Crippen molar-refractivity contribution >= 4 is 55.7 Å². The Morgan fingerprint density at radius 3 is 0.971 bits per heavy atom. The second kappa shape index (κ2) is 40.4. The van der Waals surface area contributed by atoms with Gasteiger partial charge in [0.05, 0.1) is 11.4 Å². The molecule has 0 saturated carbocycles. The number of fused-ring (bicyclic) bond motifs is 2. The van der Waals surface area contributed by atoms with Gasteiger partial charge in [-0.2, -0.15) is 0 Å². The van der Waals surface area contributed by atoms with Crippen LogP contribution in [-0.4, -0.2) is 0 Å². The van der Waals surface area contributed by atoms with Gasteiger partial charge in [-0.05, 0) is 177 Å². The lowest BCUT2D eigenvalue weighted by atomic mass is 9.80. The van der Waals surface area contributed by atoms with Crippen LogP contribution < -0.4 is 9.80 Å². The highest BCUT2D eigenvalue weighted by molar-refractivity contribution is 6.24. The van der Waals surface area contributed by atoms with E-state index in [1.165, 1.54) is 317 Å². The van der Waals surface area contributed by atoms with Crippen molar-refractivity contribution in [2.75, 3.05) is 9.80 Å². The number of aryl methyl sites for hydroxylation is 4. The molecule has 0 aliphatic rings. The van der Waals surface area contributed by atoms with Crippen LogP contribution in [0, 0.1) is 0 Å². The van der Waals surface area contributed by atoms with Crippen molar-refractivity contribution < 1.29 is 0 Å². The van der Waals surface area contributed by atoms with Gasteiger partial charge in [0.15, 0.2) is 0 Å². The van der Waals surface area contributed by atoms with Gasteiger partial charge in [-0.1, -0.05) is 388 Å². The molecule has 0 bridgehead atoms. The molecule has 2 nitrogen and oxygen atoms in total. The van der Waals surface area contributed by atoms with E-state index < -0.39 is 0 Å². The molecule has 0 unspecified atom stereocenters. The summed E-state index contributed by atoms with van der Waals surface area (Å²) in [6.45, 7) is 38.4. The van der Waals surface area contributed by atoms with Gasteiger partial charge in [0.1, 0.15) is 0 Å². The molecule has 0 fully saturated rings.